The Morgan fingerprint density at radius 2 is 1.88 bits per heavy atom. The molecule has 0 aliphatic rings. The van der Waals surface area contributed by atoms with Crippen LogP contribution < -0.4 is 14.9 Å². The molecule has 0 fully saturated rings. The Kier molecular flexibility index (Phi) is 4.99. The van der Waals surface area contributed by atoms with E-state index < -0.39 is 6.09 Å². The highest BCUT2D eigenvalue weighted by molar-refractivity contribution is 9.10. The molecule has 0 saturated carbocycles. The second kappa shape index (κ2) is 7.21. The maximum absolute atomic E-state index is 12.8. The van der Waals surface area contributed by atoms with Gasteiger partial charge in [0.15, 0.2) is 0 Å². The van der Waals surface area contributed by atoms with E-state index in [9.17, 15) is 9.59 Å². The number of para-hydroxylation sites is 1. The molecular weight excluding hydrogens is 402 g/mol. The number of benzene rings is 2. The van der Waals surface area contributed by atoms with Crippen molar-refractivity contribution in [2.45, 2.75) is 6.92 Å². The number of hydrogen-bond donors (Lipinski definition) is 0. The Hall–Kier alpha value is -2.80. The molecule has 0 bridgehead atoms. The van der Waals surface area contributed by atoms with Crippen molar-refractivity contribution >= 4 is 33.0 Å². The Morgan fingerprint density at radius 1 is 1.15 bits per heavy atom. The van der Waals surface area contributed by atoms with Gasteiger partial charge in [-0.05, 0) is 47.1 Å². The number of nitrogens with zero attached hydrogens (tertiary/aromatic N) is 1. The van der Waals surface area contributed by atoms with Crippen molar-refractivity contribution in [3.05, 3.63) is 62.9 Å². The van der Waals surface area contributed by atoms with Crippen LogP contribution in [0.4, 0.5) is 4.79 Å². The second-order valence-electron chi connectivity index (χ2n) is 5.77. The van der Waals surface area contributed by atoms with Crippen LogP contribution in [0.2, 0.25) is 0 Å². The van der Waals surface area contributed by atoms with Gasteiger partial charge in [-0.25, -0.2) is 4.79 Å². The SMILES string of the molecule is Cc1oc2cc(OC(=O)N(C)C)ccc2c(=O)c1Oc1ccccc1Br. The van der Waals surface area contributed by atoms with Gasteiger partial charge in [0.1, 0.15) is 22.8 Å². The molecule has 0 aliphatic heterocycles. The van der Waals surface area contributed by atoms with Crippen molar-refractivity contribution in [2.24, 2.45) is 0 Å². The highest BCUT2D eigenvalue weighted by atomic mass is 79.9. The second-order valence-corrected chi connectivity index (χ2v) is 6.62. The summed E-state index contributed by atoms with van der Waals surface area (Å²) in [4.78, 5) is 25.8. The van der Waals surface area contributed by atoms with Crippen molar-refractivity contribution in [3.8, 4) is 17.2 Å². The van der Waals surface area contributed by atoms with E-state index in [2.05, 4.69) is 15.9 Å². The molecule has 1 heterocycles. The van der Waals surface area contributed by atoms with Crippen LogP contribution in [0.5, 0.6) is 17.2 Å². The van der Waals surface area contributed by atoms with Crippen LogP contribution in [-0.4, -0.2) is 25.1 Å². The predicted molar refractivity (Wildman–Crippen MR) is 101 cm³/mol. The largest absolute Gasteiger partial charge is 0.457 e. The van der Waals surface area contributed by atoms with Crippen LogP contribution in [0.3, 0.4) is 0 Å². The summed E-state index contributed by atoms with van der Waals surface area (Å²) in [5.41, 5.74) is 0.0148. The van der Waals surface area contributed by atoms with Crippen LogP contribution >= 0.6 is 15.9 Å². The van der Waals surface area contributed by atoms with E-state index in [0.29, 0.717) is 28.2 Å². The number of ether oxygens (including phenoxy) is 2. The molecule has 0 N–H and O–H groups in total. The third kappa shape index (κ3) is 3.57. The summed E-state index contributed by atoms with van der Waals surface area (Å²) in [5, 5.41) is 0.335. The van der Waals surface area contributed by atoms with Crippen molar-refractivity contribution in [3.63, 3.8) is 0 Å². The monoisotopic (exact) mass is 417 g/mol. The molecule has 7 heteroatoms. The number of rotatable bonds is 3. The first-order valence-corrected chi connectivity index (χ1v) is 8.55. The molecule has 0 aliphatic carbocycles. The Morgan fingerprint density at radius 3 is 2.58 bits per heavy atom. The predicted octanol–water partition coefficient (Wildman–Crippen LogP) is 4.72. The van der Waals surface area contributed by atoms with Crippen LogP contribution in [0.15, 0.2) is 56.1 Å². The fraction of sp³-hybridized carbons (Fsp3) is 0.158. The summed E-state index contributed by atoms with van der Waals surface area (Å²) < 4.78 is 17.4. The van der Waals surface area contributed by atoms with Crippen molar-refractivity contribution in [1.29, 1.82) is 0 Å². The van der Waals surface area contributed by atoms with E-state index in [0.717, 1.165) is 4.47 Å². The van der Waals surface area contributed by atoms with Gasteiger partial charge in [-0.2, -0.15) is 0 Å². The smallest absolute Gasteiger partial charge is 0.414 e. The summed E-state index contributed by atoms with van der Waals surface area (Å²) in [6, 6.07) is 11.8. The summed E-state index contributed by atoms with van der Waals surface area (Å²) >= 11 is 3.39. The third-order valence-corrected chi connectivity index (χ3v) is 4.26. The Bertz CT molecular complexity index is 1040. The minimum Gasteiger partial charge on any atom is -0.457 e. The van der Waals surface area contributed by atoms with E-state index in [1.807, 2.05) is 18.2 Å². The number of amides is 1. The van der Waals surface area contributed by atoms with Crippen LogP contribution in [0.25, 0.3) is 11.0 Å². The zero-order valence-electron chi connectivity index (χ0n) is 14.4. The van der Waals surface area contributed by atoms with Gasteiger partial charge in [0.25, 0.3) is 0 Å². The minimum absolute atomic E-state index is 0.113. The maximum atomic E-state index is 12.8. The van der Waals surface area contributed by atoms with Gasteiger partial charge in [-0.3, -0.25) is 4.79 Å². The quantitative estimate of drug-likeness (QED) is 0.616. The number of carbonyl (C=O) groups is 1. The van der Waals surface area contributed by atoms with E-state index >= 15 is 0 Å². The maximum Gasteiger partial charge on any atom is 0.414 e. The van der Waals surface area contributed by atoms with Crippen LogP contribution in [0.1, 0.15) is 5.76 Å². The summed E-state index contributed by atoms with van der Waals surface area (Å²) in [6.07, 6.45) is -0.516. The van der Waals surface area contributed by atoms with Crippen molar-refractivity contribution < 1.29 is 18.7 Å². The lowest BCUT2D eigenvalue weighted by atomic mass is 10.2. The first-order chi connectivity index (χ1) is 12.4. The highest BCUT2D eigenvalue weighted by Gasteiger charge is 2.16. The average Bonchev–Trinajstić information content (AvgIpc) is 2.59. The van der Waals surface area contributed by atoms with E-state index in [1.54, 1.807) is 33.2 Å². The normalized spacial score (nSPS) is 10.6. The molecule has 0 spiro atoms. The average molecular weight is 418 g/mol. The van der Waals surface area contributed by atoms with Gasteiger partial charge >= 0.3 is 6.09 Å². The van der Waals surface area contributed by atoms with Gasteiger partial charge in [-0.1, -0.05) is 12.1 Å². The van der Waals surface area contributed by atoms with E-state index in [1.165, 1.54) is 17.0 Å². The summed E-state index contributed by atoms with van der Waals surface area (Å²) in [5.74, 6) is 1.24. The zero-order chi connectivity index (χ0) is 18.8. The lowest BCUT2D eigenvalue weighted by Gasteiger charge is -2.12. The zero-order valence-corrected chi connectivity index (χ0v) is 16.0. The molecule has 0 radical (unpaired) electrons. The molecule has 0 atom stereocenters. The first kappa shape index (κ1) is 18.0. The fourth-order valence-corrected chi connectivity index (χ4v) is 2.65. The van der Waals surface area contributed by atoms with Gasteiger partial charge in [0.2, 0.25) is 11.2 Å². The van der Waals surface area contributed by atoms with Crippen molar-refractivity contribution in [2.75, 3.05) is 14.1 Å². The van der Waals surface area contributed by atoms with Gasteiger partial charge in [0.05, 0.1) is 9.86 Å². The standard InChI is InChI=1S/C19H16BrNO5/c1-11-18(26-15-7-5-4-6-14(15)20)17(22)13-9-8-12(10-16(13)24-11)25-19(23)21(2)3/h4-10H,1-3H3. The molecule has 2 aromatic carbocycles. The summed E-state index contributed by atoms with van der Waals surface area (Å²) in [7, 11) is 3.16. The molecule has 3 aromatic rings. The van der Waals surface area contributed by atoms with Gasteiger partial charge < -0.3 is 18.8 Å². The van der Waals surface area contributed by atoms with Gasteiger partial charge in [-0.15, -0.1) is 0 Å². The number of hydrogen-bond acceptors (Lipinski definition) is 5. The lowest BCUT2D eigenvalue weighted by molar-refractivity contribution is 0.172. The minimum atomic E-state index is -0.516. The Labute approximate surface area is 158 Å². The topological polar surface area (TPSA) is 69.0 Å². The van der Waals surface area contributed by atoms with Crippen LogP contribution in [-0.2, 0) is 0 Å². The number of carbonyl (C=O) groups excluding carboxylic acids is 1. The fourth-order valence-electron chi connectivity index (χ4n) is 2.28. The number of aryl methyl sites for hydroxylation is 1. The lowest BCUT2D eigenvalue weighted by Crippen LogP contribution is -2.25. The number of halogens is 1. The molecule has 1 aromatic heterocycles. The van der Waals surface area contributed by atoms with Gasteiger partial charge in [0, 0.05) is 20.2 Å². The third-order valence-electron chi connectivity index (χ3n) is 3.61. The molecule has 26 heavy (non-hydrogen) atoms. The molecule has 1 amide bonds. The van der Waals surface area contributed by atoms with Crippen LogP contribution in [0, 0.1) is 6.92 Å². The van der Waals surface area contributed by atoms with E-state index in [4.69, 9.17) is 13.9 Å². The highest BCUT2D eigenvalue weighted by Crippen LogP contribution is 2.31. The first-order valence-electron chi connectivity index (χ1n) is 7.76. The van der Waals surface area contributed by atoms with E-state index in [-0.39, 0.29) is 11.2 Å². The molecule has 0 unspecified atom stereocenters. The Balaban J connectivity index is 2.02. The number of fused-ring (bicyclic) bond motifs is 1. The van der Waals surface area contributed by atoms with Crippen molar-refractivity contribution in [1.82, 2.24) is 4.90 Å². The summed E-state index contributed by atoms with van der Waals surface area (Å²) in [6.45, 7) is 1.64. The molecule has 134 valence electrons. The molecular formula is C19H16BrNO5. The molecule has 6 nitrogen and oxygen atoms in total. The molecule has 3 rings (SSSR count). The molecule has 0 saturated heterocycles.